The summed E-state index contributed by atoms with van der Waals surface area (Å²) in [5.41, 5.74) is 0.658. The maximum absolute atomic E-state index is 11.2. The van der Waals surface area contributed by atoms with Gasteiger partial charge in [-0.3, -0.25) is 0 Å². The van der Waals surface area contributed by atoms with Gasteiger partial charge in [-0.1, -0.05) is 19.1 Å². The lowest BCUT2D eigenvalue weighted by molar-refractivity contribution is -0.140. The molecule has 74 valence electrons. The molecule has 0 bridgehead atoms. The molecule has 2 heteroatoms. The van der Waals surface area contributed by atoms with Gasteiger partial charge < -0.3 is 4.74 Å². The molecule has 2 nitrogen and oxygen atoms in total. The van der Waals surface area contributed by atoms with Crippen molar-refractivity contribution >= 4 is 5.97 Å². The summed E-state index contributed by atoms with van der Waals surface area (Å²) < 4.78 is 5.05. The summed E-state index contributed by atoms with van der Waals surface area (Å²) >= 11 is 0. The molecule has 13 heavy (non-hydrogen) atoms. The molecule has 0 aliphatic rings. The van der Waals surface area contributed by atoms with Gasteiger partial charge in [0, 0.05) is 5.57 Å². The van der Waals surface area contributed by atoms with Gasteiger partial charge in [0.25, 0.3) is 0 Å². The first kappa shape index (κ1) is 11.9. The van der Waals surface area contributed by atoms with Crippen LogP contribution in [0.5, 0.6) is 0 Å². The van der Waals surface area contributed by atoms with Gasteiger partial charge in [-0.05, 0) is 26.2 Å². The molecule has 0 N–H and O–H groups in total. The summed E-state index contributed by atoms with van der Waals surface area (Å²) in [7, 11) is 0. The monoisotopic (exact) mass is 182 g/mol. The van der Waals surface area contributed by atoms with Gasteiger partial charge in [0.1, 0.15) is 0 Å². The summed E-state index contributed by atoms with van der Waals surface area (Å²) in [5.74, 6) is 0.129. The fourth-order valence-electron chi connectivity index (χ4n) is 0.802. The minimum atomic E-state index is -0.224. The van der Waals surface area contributed by atoms with Crippen molar-refractivity contribution in [2.45, 2.75) is 27.2 Å². The molecule has 0 spiro atoms. The fourth-order valence-corrected chi connectivity index (χ4v) is 0.802. The van der Waals surface area contributed by atoms with Crippen molar-refractivity contribution in [1.82, 2.24) is 0 Å². The maximum atomic E-state index is 11.2. The number of allylic oxidation sites excluding steroid dienone is 2. The molecule has 0 saturated heterocycles. The van der Waals surface area contributed by atoms with Gasteiger partial charge in [-0.2, -0.15) is 0 Å². The Hall–Kier alpha value is -1.05. The standard InChI is InChI=1S/C11H18O2/c1-5-7-9(3)8-13-11(12)10(4)6-2/h5-6,9H,1,7-8H2,2-4H3/b10-6-. The Morgan fingerprint density at radius 2 is 2.23 bits per heavy atom. The van der Waals surface area contributed by atoms with E-state index >= 15 is 0 Å². The van der Waals surface area contributed by atoms with Crippen molar-refractivity contribution in [2.24, 2.45) is 5.92 Å². The van der Waals surface area contributed by atoms with E-state index in [1.54, 1.807) is 13.0 Å². The highest BCUT2D eigenvalue weighted by atomic mass is 16.5. The molecule has 0 amide bonds. The lowest BCUT2D eigenvalue weighted by Gasteiger charge is -2.09. The molecule has 1 unspecified atom stereocenters. The predicted molar refractivity (Wildman–Crippen MR) is 54.4 cm³/mol. The van der Waals surface area contributed by atoms with Crippen LogP contribution < -0.4 is 0 Å². The molecule has 0 fully saturated rings. The normalized spacial score (nSPS) is 13.6. The molecule has 0 rings (SSSR count). The average Bonchev–Trinajstić information content (AvgIpc) is 2.13. The number of hydrogen-bond donors (Lipinski definition) is 0. The Labute approximate surface area is 80.3 Å². The number of hydrogen-bond acceptors (Lipinski definition) is 2. The quantitative estimate of drug-likeness (QED) is 0.371. The van der Waals surface area contributed by atoms with Gasteiger partial charge in [-0.25, -0.2) is 4.79 Å². The van der Waals surface area contributed by atoms with Gasteiger partial charge in [0.15, 0.2) is 0 Å². The second-order valence-corrected chi connectivity index (χ2v) is 3.20. The maximum Gasteiger partial charge on any atom is 0.333 e. The van der Waals surface area contributed by atoms with E-state index in [4.69, 9.17) is 4.74 Å². The van der Waals surface area contributed by atoms with Crippen LogP contribution in [0.15, 0.2) is 24.3 Å². The first-order valence-electron chi connectivity index (χ1n) is 4.52. The smallest absolute Gasteiger partial charge is 0.333 e. The van der Waals surface area contributed by atoms with Crippen molar-refractivity contribution in [2.75, 3.05) is 6.61 Å². The second-order valence-electron chi connectivity index (χ2n) is 3.20. The van der Waals surface area contributed by atoms with Gasteiger partial charge >= 0.3 is 5.97 Å². The van der Waals surface area contributed by atoms with Crippen LogP contribution in [-0.4, -0.2) is 12.6 Å². The summed E-state index contributed by atoms with van der Waals surface area (Å²) in [6.07, 6.45) is 4.46. The zero-order valence-corrected chi connectivity index (χ0v) is 8.67. The van der Waals surface area contributed by atoms with E-state index in [2.05, 4.69) is 6.58 Å². The van der Waals surface area contributed by atoms with Crippen molar-refractivity contribution in [3.05, 3.63) is 24.3 Å². The largest absolute Gasteiger partial charge is 0.462 e. The molecular weight excluding hydrogens is 164 g/mol. The van der Waals surface area contributed by atoms with Crippen LogP contribution in [0.4, 0.5) is 0 Å². The highest BCUT2D eigenvalue weighted by Crippen LogP contribution is 2.04. The molecule has 0 radical (unpaired) electrons. The van der Waals surface area contributed by atoms with Crippen LogP contribution in [0.3, 0.4) is 0 Å². The van der Waals surface area contributed by atoms with E-state index in [-0.39, 0.29) is 5.97 Å². The van der Waals surface area contributed by atoms with E-state index in [0.717, 1.165) is 6.42 Å². The Bertz CT molecular complexity index is 204. The van der Waals surface area contributed by atoms with Crippen molar-refractivity contribution in [1.29, 1.82) is 0 Å². The molecule has 1 atom stereocenters. The highest BCUT2D eigenvalue weighted by Gasteiger charge is 2.06. The lowest BCUT2D eigenvalue weighted by atomic mass is 10.1. The topological polar surface area (TPSA) is 26.3 Å². The summed E-state index contributed by atoms with van der Waals surface area (Å²) in [4.78, 5) is 11.2. The zero-order valence-electron chi connectivity index (χ0n) is 8.67. The summed E-state index contributed by atoms with van der Waals surface area (Å²) in [6.45, 7) is 9.70. The number of rotatable bonds is 5. The molecule has 0 aliphatic heterocycles. The SMILES string of the molecule is C=CCC(C)COC(=O)/C(C)=C\C. The van der Waals surface area contributed by atoms with E-state index in [1.165, 1.54) is 0 Å². The molecule has 0 aromatic rings. The molecular formula is C11H18O2. The summed E-state index contributed by atoms with van der Waals surface area (Å²) in [6, 6.07) is 0. The van der Waals surface area contributed by atoms with Gasteiger partial charge in [0.05, 0.1) is 6.61 Å². The summed E-state index contributed by atoms with van der Waals surface area (Å²) in [5, 5.41) is 0. The number of carbonyl (C=O) groups is 1. The number of esters is 1. The van der Waals surface area contributed by atoms with E-state index in [1.807, 2.05) is 19.9 Å². The third kappa shape index (κ3) is 5.23. The van der Waals surface area contributed by atoms with Gasteiger partial charge in [-0.15, -0.1) is 6.58 Å². The fraction of sp³-hybridized carbons (Fsp3) is 0.545. The van der Waals surface area contributed by atoms with E-state index in [9.17, 15) is 4.79 Å². The predicted octanol–water partition coefficient (Wildman–Crippen LogP) is 2.71. The Balaban J connectivity index is 3.76. The van der Waals surface area contributed by atoms with Crippen LogP contribution in [-0.2, 0) is 9.53 Å². The van der Waals surface area contributed by atoms with Crippen molar-refractivity contribution in [3.63, 3.8) is 0 Å². The first-order valence-corrected chi connectivity index (χ1v) is 4.52. The van der Waals surface area contributed by atoms with Gasteiger partial charge in [0.2, 0.25) is 0 Å². The minimum Gasteiger partial charge on any atom is -0.462 e. The lowest BCUT2D eigenvalue weighted by Crippen LogP contribution is -2.12. The Morgan fingerprint density at radius 3 is 2.69 bits per heavy atom. The number of ether oxygens (including phenoxy) is 1. The van der Waals surface area contributed by atoms with Crippen LogP contribution in [0.1, 0.15) is 27.2 Å². The van der Waals surface area contributed by atoms with Crippen LogP contribution in [0, 0.1) is 5.92 Å². The zero-order chi connectivity index (χ0) is 10.3. The van der Waals surface area contributed by atoms with Crippen molar-refractivity contribution < 1.29 is 9.53 Å². The first-order chi connectivity index (χ1) is 6.11. The average molecular weight is 182 g/mol. The molecule has 0 aromatic carbocycles. The molecule has 0 aliphatic carbocycles. The minimum absolute atomic E-state index is 0.224. The van der Waals surface area contributed by atoms with Crippen LogP contribution >= 0.6 is 0 Å². The van der Waals surface area contributed by atoms with Crippen LogP contribution in [0.2, 0.25) is 0 Å². The van der Waals surface area contributed by atoms with E-state index < -0.39 is 0 Å². The van der Waals surface area contributed by atoms with E-state index in [0.29, 0.717) is 18.1 Å². The molecule has 0 heterocycles. The second kappa shape index (κ2) is 6.46. The van der Waals surface area contributed by atoms with Crippen LogP contribution in [0.25, 0.3) is 0 Å². The third-order valence-corrected chi connectivity index (χ3v) is 1.82. The molecule has 0 aromatic heterocycles. The van der Waals surface area contributed by atoms with Crippen molar-refractivity contribution in [3.8, 4) is 0 Å². The molecule has 0 saturated carbocycles. The Morgan fingerprint density at radius 1 is 1.62 bits per heavy atom. The Kier molecular flexibility index (Phi) is 5.94. The highest BCUT2D eigenvalue weighted by molar-refractivity contribution is 5.87. The third-order valence-electron chi connectivity index (χ3n) is 1.82. The number of carbonyl (C=O) groups excluding carboxylic acids is 1.